The van der Waals surface area contributed by atoms with Crippen molar-refractivity contribution in [1.29, 1.82) is 0 Å². The number of aliphatic carboxylic acids is 1. The Bertz CT molecular complexity index is 227. The van der Waals surface area contributed by atoms with Gasteiger partial charge in [0, 0.05) is 32.4 Å². The Kier molecular flexibility index (Phi) is 7.14. The fourth-order valence-corrected chi connectivity index (χ4v) is 1.09. The standard InChI is InChI=1S/C7H12N2.C4H8O2/c1-3-4-9-6-5-8(2)7-9;1-2-3-4(5)6/h3,5-6H,1,4,7H2,2H3;2-3H2,1H3,(H,5,6). The molecule has 0 aromatic carbocycles. The molecule has 4 heteroatoms. The van der Waals surface area contributed by atoms with Crippen molar-refractivity contribution >= 4 is 5.97 Å². The fraction of sp³-hybridized carbons (Fsp3) is 0.545. The molecule has 0 saturated heterocycles. The third-order valence-electron chi connectivity index (χ3n) is 1.76. The Hall–Kier alpha value is -1.45. The van der Waals surface area contributed by atoms with Gasteiger partial charge in [0.15, 0.2) is 0 Å². The number of carboxylic acids is 1. The molecular formula is C11H20N2O2. The molecule has 0 spiro atoms. The normalized spacial score (nSPS) is 13.5. The van der Waals surface area contributed by atoms with E-state index in [9.17, 15) is 4.79 Å². The molecule has 1 heterocycles. The maximum absolute atomic E-state index is 9.60. The summed E-state index contributed by atoms with van der Waals surface area (Å²) in [6.07, 6.45) is 7.06. The SMILES string of the molecule is C=CCN1C=CN(C)C1.CCCC(=O)O. The van der Waals surface area contributed by atoms with Crippen LogP contribution in [0.25, 0.3) is 0 Å². The highest BCUT2D eigenvalue weighted by molar-refractivity contribution is 5.66. The molecule has 0 aromatic rings. The van der Waals surface area contributed by atoms with E-state index in [-0.39, 0.29) is 0 Å². The van der Waals surface area contributed by atoms with Crippen molar-refractivity contribution in [3.63, 3.8) is 0 Å². The average Bonchev–Trinajstić information content (AvgIpc) is 2.53. The van der Waals surface area contributed by atoms with Crippen LogP contribution in [0.15, 0.2) is 25.1 Å². The van der Waals surface area contributed by atoms with Crippen LogP contribution in [0.4, 0.5) is 0 Å². The number of nitrogens with zero attached hydrogens (tertiary/aromatic N) is 2. The second-order valence-corrected chi connectivity index (χ2v) is 3.40. The minimum atomic E-state index is -0.711. The number of rotatable bonds is 4. The first-order chi connectivity index (χ1) is 7.10. The predicted octanol–water partition coefficient (Wildman–Crippen LogP) is 1.72. The summed E-state index contributed by atoms with van der Waals surface area (Å²) < 4.78 is 0. The van der Waals surface area contributed by atoms with Gasteiger partial charge in [-0.1, -0.05) is 13.0 Å². The van der Waals surface area contributed by atoms with Crippen molar-refractivity contribution in [3.8, 4) is 0 Å². The molecule has 0 fully saturated rings. The van der Waals surface area contributed by atoms with Gasteiger partial charge in [-0.05, 0) is 6.42 Å². The van der Waals surface area contributed by atoms with Gasteiger partial charge in [-0.25, -0.2) is 0 Å². The second-order valence-electron chi connectivity index (χ2n) is 3.40. The number of hydrogen-bond donors (Lipinski definition) is 1. The third-order valence-corrected chi connectivity index (χ3v) is 1.76. The van der Waals surface area contributed by atoms with Gasteiger partial charge in [-0.15, -0.1) is 6.58 Å². The van der Waals surface area contributed by atoms with E-state index < -0.39 is 5.97 Å². The molecule has 0 bridgehead atoms. The van der Waals surface area contributed by atoms with Crippen LogP contribution < -0.4 is 0 Å². The zero-order chi connectivity index (χ0) is 11.7. The highest BCUT2D eigenvalue weighted by Gasteiger charge is 2.04. The maximum atomic E-state index is 9.60. The summed E-state index contributed by atoms with van der Waals surface area (Å²) in [6, 6.07) is 0. The van der Waals surface area contributed by atoms with Gasteiger partial charge in [-0.3, -0.25) is 4.79 Å². The average molecular weight is 212 g/mol. The molecule has 1 aliphatic heterocycles. The second kappa shape index (κ2) is 7.91. The van der Waals surface area contributed by atoms with E-state index in [0.717, 1.165) is 19.6 Å². The fourth-order valence-electron chi connectivity index (χ4n) is 1.09. The van der Waals surface area contributed by atoms with E-state index in [1.165, 1.54) is 0 Å². The molecule has 0 radical (unpaired) electrons. The lowest BCUT2D eigenvalue weighted by molar-refractivity contribution is -0.137. The van der Waals surface area contributed by atoms with Gasteiger partial charge in [0.2, 0.25) is 0 Å². The Balaban J connectivity index is 0.000000288. The summed E-state index contributed by atoms with van der Waals surface area (Å²) in [5, 5.41) is 7.91. The minimum absolute atomic E-state index is 0.292. The van der Waals surface area contributed by atoms with Crippen LogP contribution >= 0.6 is 0 Å². The first-order valence-corrected chi connectivity index (χ1v) is 5.05. The quantitative estimate of drug-likeness (QED) is 0.721. The van der Waals surface area contributed by atoms with Crippen LogP contribution in [0.3, 0.4) is 0 Å². The summed E-state index contributed by atoms with van der Waals surface area (Å²) >= 11 is 0. The van der Waals surface area contributed by atoms with Crippen molar-refractivity contribution in [3.05, 3.63) is 25.1 Å². The minimum Gasteiger partial charge on any atom is -0.481 e. The highest BCUT2D eigenvalue weighted by atomic mass is 16.4. The molecule has 0 aromatic heterocycles. The topological polar surface area (TPSA) is 43.8 Å². The summed E-state index contributed by atoms with van der Waals surface area (Å²) in [7, 11) is 2.06. The van der Waals surface area contributed by atoms with Crippen LogP contribution in [0.1, 0.15) is 19.8 Å². The molecule has 0 unspecified atom stereocenters. The molecule has 15 heavy (non-hydrogen) atoms. The molecule has 0 saturated carbocycles. The van der Waals surface area contributed by atoms with Crippen molar-refractivity contribution in [1.82, 2.24) is 9.80 Å². The Labute approximate surface area is 91.5 Å². The van der Waals surface area contributed by atoms with Gasteiger partial charge >= 0.3 is 5.97 Å². The van der Waals surface area contributed by atoms with Crippen LogP contribution in [0.2, 0.25) is 0 Å². The van der Waals surface area contributed by atoms with Crippen molar-refractivity contribution in [2.45, 2.75) is 19.8 Å². The van der Waals surface area contributed by atoms with E-state index >= 15 is 0 Å². The van der Waals surface area contributed by atoms with E-state index in [1.807, 2.05) is 13.0 Å². The smallest absolute Gasteiger partial charge is 0.303 e. The first-order valence-electron chi connectivity index (χ1n) is 5.05. The lowest BCUT2D eigenvalue weighted by atomic mass is 10.4. The first kappa shape index (κ1) is 13.5. The van der Waals surface area contributed by atoms with Crippen LogP contribution in [-0.2, 0) is 4.79 Å². The Morgan fingerprint density at radius 2 is 2.27 bits per heavy atom. The zero-order valence-electron chi connectivity index (χ0n) is 9.52. The largest absolute Gasteiger partial charge is 0.481 e. The van der Waals surface area contributed by atoms with Crippen LogP contribution in [0.5, 0.6) is 0 Å². The molecule has 4 nitrogen and oxygen atoms in total. The molecular weight excluding hydrogens is 192 g/mol. The van der Waals surface area contributed by atoms with E-state index in [4.69, 9.17) is 5.11 Å². The van der Waals surface area contributed by atoms with Gasteiger partial charge in [0.1, 0.15) is 0 Å². The molecule has 0 amide bonds. The molecule has 1 N–H and O–H groups in total. The molecule has 0 atom stereocenters. The predicted molar refractivity (Wildman–Crippen MR) is 61.2 cm³/mol. The number of carbonyl (C=O) groups is 1. The van der Waals surface area contributed by atoms with Gasteiger partial charge in [0.25, 0.3) is 0 Å². The van der Waals surface area contributed by atoms with Crippen LogP contribution in [-0.4, -0.2) is 41.1 Å². The highest BCUT2D eigenvalue weighted by Crippen LogP contribution is 2.01. The van der Waals surface area contributed by atoms with Crippen LogP contribution in [0, 0.1) is 0 Å². The molecule has 86 valence electrons. The van der Waals surface area contributed by atoms with E-state index in [0.29, 0.717) is 6.42 Å². The van der Waals surface area contributed by atoms with E-state index in [1.54, 1.807) is 0 Å². The summed E-state index contributed by atoms with van der Waals surface area (Å²) in [4.78, 5) is 13.9. The Morgan fingerprint density at radius 1 is 1.60 bits per heavy atom. The third kappa shape index (κ3) is 7.61. The van der Waals surface area contributed by atoms with Gasteiger partial charge < -0.3 is 14.9 Å². The van der Waals surface area contributed by atoms with E-state index in [2.05, 4.69) is 35.8 Å². The molecule has 1 rings (SSSR count). The van der Waals surface area contributed by atoms with Gasteiger partial charge in [0.05, 0.1) is 6.67 Å². The van der Waals surface area contributed by atoms with Crippen molar-refractivity contribution in [2.24, 2.45) is 0 Å². The maximum Gasteiger partial charge on any atom is 0.303 e. The summed E-state index contributed by atoms with van der Waals surface area (Å²) in [5.41, 5.74) is 0. The molecule has 0 aliphatic carbocycles. The monoisotopic (exact) mass is 212 g/mol. The zero-order valence-corrected chi connectivity index (χ0v) is 9.52. The lowest BCUT2D eigenvalue weighted by Crippen LogP contribution is -2.21. The van der Waals surface area contributed by atoms with Crippen molar-refractivity contribution in [2.75, 3.05) is 20.3 Å². The number of hydrogen-bond acceptors (Lipinski definition) is 3. The summed E-state index contributed by atoms with van der Waals surface area (Å²) in [6.45, 7) is 7.43. The van der Waals surface area contributed by atoms with Crippen molar-refractivity contribution < 1.29 is 9.90 Å². The number of carboxylic acid groups (broad SMARTS) is 1. The lowest BCUT2D eigenvalue weighted by Gasteiger charge is -2.15. The summed E-state index contributed by atoms with van der Waals surface area (Å²) in [5.74, 6) is -0.711. The Morgan fingerprint density at radius 3 is 2.53 bits per heavy atom. The molecule has 1 aliphatic rings. The van der Waals surface area contributed by atoms with Gasteiger partial charge in [-0.2, -0.15) is 0 Å².